The lowest BCUT2D eigenvalue weighted by Gasteiger charge is -2.21. The molecule has 0 spiro atoms. The summed E-state index contributed by atoms with van der Waals surface area (Å²) in [4.78, 5) is 11.2. The van der Waals surface area contributed by atoms with E-state index in [1.54, 1.807) is 31.2 Å². The molecule has 4 heteroatoms. The minimum atomic E-state index is -1.11. The Kier molecular flexibility index (Phi) is 4.95. The normalized spacial score (nSPS) is 14.2. The topological polar surface area (TPSA) is 66.8 Å². The molecule has 0 amide bonds. The number of ether oxygens (including phenoxy) is 1. The first-order valence-corrected chi connectivity index (χ1v) is 5.13. The van der Waals surface area contributed by atoms with Gasteiger partial charge >= 0.3 is 5.97 Å². The van der Waals surface area contributed by atoms with Crippen LogP contribution in [0.1, 0.15) is 25.0 Å². The Balaban J connectivity index is 2.83. The maximum atomic E-state index is 11.2. The first kappa shape index (κ1) is 12.7. The number of carbonyl (C=O) groups is 1. The number of hydrogen-bond donors (Lipinski definition) is 2. The van der Waals surface area contributed by atoms with Crippen LogP contribution in [0.3, 0.4) is 0 Å². The van der Waals surface area contributed by atoms with E-state index in [4.69, 9.17) is 9.84 Å². The fraction of sp³-hybridized carbons (Fsp3) is 0.417. The van der Waals surface area contributed by atoms with Gasteiger partial charge in [0, 0.05) is 6.42 Å². The molecule has 1 rings (SSSR count). The molecule has 16 heavy (non-hydrogen) atoms. The molecule has 0 fully saturated rings. The van der Waals surface area contributed by atoms with E-state index in [0.29, 0.717) is 5.56 Å². The Morgan fingerprint density at radius 3 is 2.62 bits per heavy atom. The first-order valence-electron chi connectivity index (χ1n) is 5.13. The maximum Gasteiger partial charge on any atom is 0.306 e. The molecular weight excluding hydrogens is 208 g/mol. The van der Waals surface area contributed by atoms with Crippen molar-refractivity contribution in [3.8, 4) is 0 Å². The molecule has 2 N–H and O–H groups in total. The number of hydrogen-bond acceptors (Lipinski definition) is 4. The molecule has 0 aliphatic heterocycles. The van der Waals surface area contributed by atoms with Crippen molar-refractivity contribution in [2.45, 2.75) is 25.6 Å². The van der Waals surface area contributed by atoms with Crippen LogP contribution in [0.2, 0.25) is 0 Å². The van der Waals surface area contributed by atoms with Crippen LogP contribution in [0, 0.1) is 6.07 Å². The summed E-state index contributed by atoms with van der Waals surface area (Å²) in [7, 11) is 0. The third-order valence-corrected chi connectivity index (χ3v) is 2.16. The maximum absolute atomic E-state index is 11.2. The van der Waals surface area contributed by atoms with Crippen LogP contribution in [0.4, 0.5) is 0 Å². The van der Waals surface area contributed by atoms with Gasteiger partial charge in [0.2, 0.25) is 0 Å². The van der Waals surface area contributed by atoms with E-state index < -0.39 is 24.8 Å². The van der Waals surface area contributed by atoms with E-state index in [0.717, 1.165) is 0 Å². The fourth-order valence-corrected chi connectivity index (χ4v) is 1.28. The number of aliphatic hydroxyl groups is 2. The average Bonchev–Trinajstić information content (AvgIpc) is 2.35. The predicted octanol–water partition coefficient (Wildman–Crippen LogP) is 0.834. The van der Waals surface area contributed by atoms with Crippen LogP contribution in [0.5, 0.6) is 0 Å². The second-order valence-electron chi connectivity index (χ2n) is 3.35. The van der Waals surface area contributed by atoms with E-state index in [1.807, 2.05) is 0 Å². The van der Waals surface area contributed by atoms with Gasteiger partial charge in [0.1, 0.15) is 6.10 Å². The van der Waals surface area contributed by atoms with Gasteiger partial charge in [-0.2, -0.15) is 0 Å². The van der Waals surface area contributed by atoms with E-state index in [-0.39, 0.29) is 6.42 Å². The van der Waals surface area contributed by atoms with Crippen LogP contribution in [0.15, 0.2) is 24.3 Å². The Labute approximate surface area is 94.5 Å². The highest BCUT2D eigenvalue weighted by molar-refractivity contribution is 5.69. The number of benzene rings is 1. The summed E-state index contributed by atoms with van der Waals surface area (Å²) < 4.78 is 5.08. The fourth-order valence-electron chi connectivity index (χ4n) is 1.28. The number of carbonyl (C=O) groups excluding carboxylic acids is 1. The summed E-state index contributed by atoms with van der Waals surface area (Å²) in [5.41, 5.74) is 0.641. The van der Waals surface area contributed by atoms with Crippen LogP contribution in [0.25, 0.3) is 0 Å². The smallest absolute Gasteiger partial charge is 0.306 e. The highest BCUT2D eigenvalue weighted by Crippen LogP contribution is 2.21. The van der Waals surface area contributed by atoms with Crippen molar-refractivity contribution in [1.82, 2.24) is 0 Å². The molecule has 1 aromatic carbocycles. The van der Waals surface area contributed by atoms with E-state index in [1.165, 1.54) is 0 Å². The zero-order chi connectivity index (χ0) is 12.0. The Bertz CT molecular complexity index is 323. The van der Waals surface area contributed by atoms with Crippen molar-refractivity contribution in [1.29, 1.82) is 0 Å². The summed E-state index contributed by atoms with van der Waals surface area (Å²) in [6, 6.07) is 9.52. The van der Waals surface area contributed by atoms with Gasteiger partial charge in [-0.3, -0.25) is 4.79 Å². The van der Waals surface area contributed by atoms with Gasteiger partial charge in [-0.25, -0.2) is 0 Å². The molecule has 2 unspecified atom stereocenters. The van der Waals surface area contributed by atoms with Crippen molar-refractivity contribution >= 4 is 5.97 Å². The molecule has 2 atom stereocenters. The number of rotatable bonds is 5. The van der Waals surface area contributed by atoms with Gasteiger partial charge < -0.3 is 14.9 Å². The SMILES string of the molecule is CCC(=O)OC(c1cc[c]cc1)C(O)CO. The summed E-state index contributed by atoms with van der Waals surface area (Å²) in [6.07, 6.45) is -1.71. The van der Waals surface area contributed by atoms with Crippen molar-refractivity contribution in [3.63, 3.8) is 0 Å². The average molecular weight is 223 g/mol. The molecule has 1 radical (unpaired) electrons. The molecule has 0 saturated carbocycles. The van der Waals surface area contributed by atoms with Crippen LogP contribution in [-0.2, 0) is 9.53 Å². The predicted molar refractivity (Wildman–Crippen MR) is 57.5 cm³/mol. The first-order chi connectivity index (χ1) is 7.69. The molecule has 1 aromatic rings. The minimum Gasteiger partial charge on any atom is -0.455 e. The lowest BCUT2D eigenvalue weighted by molar-refractivity contribution is -0.156. The van der Waals surface area contributed by atoms with Gasteiger partial charge in [-0.1, -0.05) is 31.2 Å². The highest BCUT2D eigenvalue weighted by Gasteiger charge is 2.23. The second-order valence-corrected chi connectivity index (χ2v) is 3.35. The zero-order valence-corrected chi connectivity index (χ0v) is 9.09. The molecule has 87 valence electrons. The molecule has 0 bridgehead atoms. The molecule has 4 nitrogen and oxygen atoms in total. The van der Waals surface area contributed by atoms with Crippen LogP contribution in [-0.4, -0.2) is 28.9 Å². The molecular formula is C12H15O4. The van der Waals surface area contributed by atoms with E-state index in [9.17, 15) is 9.90 Å². The molecule has 0 saturated heterocycles. The van der Waals surface area contributed by atoms with Crippen molar-refractivity contribution < 1.29 is 19.7 Å². The highest BCUT2D eigenvalue weighted by atomic mass is 16.6. The lowest BCUT2D eigenvalue weighted by Crippen LogP contribution is -2.26. The standard InChI is InChI=1S/C12H15O4/c1-2-11(15)16-12(10(14)8-13)9-6-4-3-5-7-9/h4-7,10,12-14H,2,8H2,1H3. The quantitative estimate of drug-likeness (QED) is 0.726. The van der Waals surface area contributed by atoms with Crippen molar-refractivity contribution in [3.05, 3.63) is 35.9 Å². The summed E-state index contributed by atoms with van der Waals surface area (Å²) in [5, 5.41) is 18.5. The van der Waals surface area contributed by atoms with Crippen LogP contribution < -0.4 is 0 Å². The monoisotopic (exact) mass is 223 g/mol. The Hall–Kier alpha value is -1.39. The Morgan fingerprint density at radius 1 is 1.50 bits per heavy atom. The van der Waals surface area contributed by atoms with Gasteiger partial charge in [0.15, 0.2) is 6.10 Å². The third kappa shape index (κ3) is 3.32. The van der Waals surface area contributed by atoms with Crippen molar-refractivity contribution in [2.24, 2.45) is 0 Å². The molecule has 0 aromatic heterocycles. The third-order valence-electron chi connectivity index (χ3n) is 2.16. The lowest BCUT2D eigenvalue weighted by atomic mass is 10.0. The summed E-state index contributed by atoms with van der Waals surface area (Å²) in [6.45, 7) is 1.21. The zero-order valence-electron chi connectivity index (χ0n) is 9.09. The summed E-state index contributed by atoms with van der Waals surface area (Å²) >= 11 is 0. The van der Waals surface area contributed by atoms with E-state index >= 15 is 0 Å². The number of aliphatic hydroxyl groups excluding tert-OH is 2. The molecule has 0 aliphatic rings. The molecule has 0 heterocycles. The Morgan fingerprint density at radius 2 is 2.12 bits per heavy atom. The minimum absolute atomic E-state index is 0.230. The van der Waals surface area contributed by atoms with Gasteiger partial charge in [0.25, 0.3) is 0 Å². The van der Waals surface area contributed by atoms with Crippen molar-refractivity contribution in [2.75, 3.05) is 6.61 Å². The summed E-state index contributed by atoms with van der Waals surface area (Å²) in [5.74, 6) is -0.412. The van der Waals surface area contributed by atoms with Gasteiger partial charge in [-0.05, 0) is 11.6 Å². The van der Waals surface area contributed by atoms with E-state index in [2.05, 4.69) is 6.07 Å². The largest absolute Gasteiger partial charge is 0.455 e. The number of esters is 1. The van der Waals surface area contributed by atoms with Gasteiger partial charge in [0.05, 0.1) is 6.61 Å². The molecule has 0 aliphatic carbocycles. The second kappa shape index (κ2) is 6.25. The van der Waals surface area contributed by atoms with Gasteiger partial charge in [-0.15, -0.1) is 0 Å². The van der Waals surface area contributed by atoms with Crippen LogP contribution >= 0.6 is 0 Å².